The van der Waals surface area contributed by atoms with Gasteiger partial charge in [0.25, 0.3) is 5.91 Å². The number of aryl methyl sites for hydroxylation is 2. The SMILES string of the molecule is Cc1cccc(OC2CN(C(=O)c3c(F)ccc(C)c3Cl)C2)c1. The molecule has 1 aliphatic heterocycles. The third kappa shape index (κ3) is 3.17. The molecular formula is C18H17ClFNO2. The average Bonchev–Trinajstić information content (AvgIpc) is 2.46. The summed E-state index contributed by atoms with van der Waals surface area (Å²) in [5, 5.41) is 0.179. The minimum Gasteiger partial charge on any atom is -0.487 e. The Morgan fingerprint density at radius 2 is 2.00 bits per heavy atom. The monoisotopic (exact) mass is 333 g/mol. The number of benzene rings is 2. The number of carbonyl (C=O) groups is 1. The van der Waals surface area contributed by atoms with Crippen LogP contribution in [0.25, 0.3) is 0 Å². The number of halogens is 2. The minimum absolute atomic E-state index is 0.0549. The fraction of sp³-hybridized carbons (Fsp3) is 0.278. The molecule has 0 bridgehead atoms. The topological polar surface area (TPSA) is 29.5 Å². The van der Waals surface area contributed by atoms with Gasteiger partial charge in [-0.25, -0.2) is 4.39 Å². The molecule has 0 N–H and O–H groups in total. The van der Waals surface area contributed by atoms with Crippen molar-refractivity contribution < 1.29 is 13.9 Å². The Balaban J connectivity index is 1.66. The highest BCUT2D eigenvalue weighted by Crippen LogP contribution is 2.27. The van der Waals surface area contributed by atoms with E-state index in [9.17, 15) is 9.18 Å². The zero-order valence-corrected chi connectivity index (χ0v) is 13.7. The van der Waals surface area contributed by atoms with Gasteiger partial charge in [0.2, 0.25) is 0 Å². The molecule has 3 nitrogen and oxygen atoms in total. The molecule has 0 aromatic heterocycles. The Hall–Kier alpha value is -2.07. The molecule has 1 aliphatic rings. The summed E-state index contributed by atoms with van der Waals surface area (Å²) in [6.45, 7) is 4.59. The maximum atomic E-state index is 13.9. The summed E-state index contributed by atoms with van der Waals surface area (Å²) < 4.78 is 19.7. The minimum atomic E-state index is -0.589. The lowest BCUT2D eigenvalue weighted by molar-refractivity contribution is 0.0174. The van der Waals surface area contributed by atoms with Gasteiger partial charge in [-0.05, 0) is 43.2 Å². The largest absolute Gasteiger partial charge is 0.487 e. The molecule has 0 aliphatic carbocycles. The van der Waals surface area contributed by atoms with Crippen LogP contribution in [0.3, 0.4) is 0 Å². The van der Waals surface area contributed by atoms with Crippen molar-refractivity contribution in [2.75, 3.05) is 13.1 Å². The van der Waals surface area contributed by atoms with Gasteiger partial charge in [0.15, 0.2) is 0 Å². The summed E-state index contributed by atoms with van der Waals surface area (Å²) in [5.74, 6) is -0.198. The standard InChI is InChI=1S/C18H17ClFNO2/c1-11-4-3-5-13(8-11)23-14-9-21(10-14)18(22)16-15(20)7-6-12(2)17(16)19/h3-8,14H,9-10H2,1-2H3. The highest BCUT2D eigenvalue weighted by atomic mass is 35.5. The molecule has 2 aromatic carbocycles. The molecule has 0 unspecified atom stereocenters. The fourth-order valence-electron chi connectivity index (χ4n) is 2.57. The Morgan fingerprint density at radius 1 is 1.26 bits per heavy atom. The van der Waals surface area contributed by atoms with Crippen LogP contribution >= 0.6 is 11.6 Å². The maximum Gasteiger partial charge on any atom is 0.258 e. The fourth-order valence-corrected chi connectivity index (χ4v) is 2.80. The van der Waals surface area contributed by atoms with Gasteiger partial charge in [-0.15, -0.1) is 0 Å². The van der Waals surface area contributed by atoms with E-state index in [1.165, 1.54) is 6.07 Å². The number of rotatable bonds is 3. The molecule has 0 spiro atoms. The normalized spacial score (nSPS) is 14.5. The predicted molar refractivity (Wildman–Crippen MR) is 87.6 cm³/mol. The van der Waals surface area contributed by atoms with Crippen LogP contribution in [0.4, 0.5) is 4.39 Å². The lowest BCUT2D eigenvalue weighted by Gasteiger charge is -2.39. The molecular weight excluding hydrogens is 317 g/mol. The van der Waals surface area contributed by atoms with Gasteiger partial charge in [0.1, 0.15) is 17.7 Å². The van der Waals surface area contributed by atoms with E-state index >= 15 is 0 Å². The van der Waals surface area contributed by atoms with Crippen molar-refractivity contribution in [2.45, 2.75) is 20.0 Å². The van der Waals surface area contributed by atoms with Gasteiger partial charge < -0.3 is 9.64 Å². The molecule has 0 radical (unpaired) electrons. The molecule has 2 aromatic rings. The number of likely N-dealkylation sites (tertiary alicyclic amines) is 1. The lowest BCUT2D eigenvalue weighted by atomic mass is 10.1. The molecule has 23 heavy (non-hydrogen) atoms. The first-order chi connectivity index (χ1) is 11.0. The number of carbonyl (C=O) groups excluding carboxylic acids is 1. The number of nitrogens with zero attached hydrogens (tertiary/aromatic N) is 1. The lowest BCUT2D eigenvalue weighted by Crippen LogP contribution is -2.56. The number of hydrogen-bond acceptors (Lipinski definition) is 2. The van der Waals surface area contributed by atoms with E-state index in [0.29, 0.717) is 18.7 Å². The highest BCUT2D eigenvalue weighted by Gasteiger charge is 2.35. The van der Waals surface area contributed by atoms with Gasteiger partial charge in [-0.1, -0.05) is 29.8 Å². The molecule has 1 saturated heterocycles. The Kier molecular flexibility index (Phi) is 4.26. The zero-order chi connectivity index (χ0) is 16.6. The molecule has 1 fully saturated rings. The molecule has 120 valence electrons. The first-order valence-corrected chi connectivity index (χ1v) is 7.80. The molecule has 0 saturated carbocycles. The van der Waals surface area contributed by atoms with Crippen molar-refractivity contribution in [3.05, 3.63) is 63.9 Å². The van der Waals surface area contributed by atoms with Crippen LogP contribution in [0, 0.1) is 19.7 Å². The van der Waals surface area contributed by atoms with E-state index in [-0.39, 0.29) is 22.6 Å². The second-order valence-corrected chi connectivity index (χ2v) is 6.20. The van der Waals surface area contributed by atoms with Crippen LogP contribution in [0.2, 0.25) is 5.02 Å². The summed E-state index contributed by atoms with van der Waals surface area (Å²) in [6.07, 6.45) is -0.0765. The van der Waals surface area contributed by atoms with Crippen molar-refractivity contribution in [3.8, 4) is 5.75 Å². The highest BCUT2D eigenvalue weighted by molar-refractivity contribution is 6.34. The second kappa shape index (κ2) is 6.20. The van der Waals surface area contributed by atoms with Crippen molar-refractivity contribution in [2.24, 2.45) is 0 Å². The molecule has 0 atom stereocenters. The van der Waals surface area contributed by atoms with E-state index < -0.39 is 5.82 Å². The van der Waals surface area contributed by atoms with Crippen LogP contribution in [-0.2, 0) is 0 Å². The van der Waals surface area contributed by atoms with Crippen LogP contribution in [0.5, 0.6) is 5.75 Å². The van der Waals surface area contributed by atoms with Gasteiger partial charge in [0.05, 0.1) is 23.7 Å². The molecule has 1 amide bonds. The number of hydrogen-bond donors (Lipinski definition) is 0. The van der Waals surface area contributed by atoms with Crippen LogP contribution in [0.1, 0.15) is 21.5 Å². The molecule has 5 heteroatoms. The average molecular weight is 334 g/mol. The second-order valence-electron chi connectivity index (χ2n) is 5.82. The summed E-state index contributed by atoms with van der Waals surface area (Å²) in [5.41, 5.74) is 1.74. The number of amides is 1. The zero-order valence-electron chi connectivity index (χ0n) is 13.0. The summed E-state index contributed by atoms with van der Waals surface area (Å²) >= 11 is 6.08. The van der Waals surface area contributed by atoms with Crippen LogP contribution in [0.15, 0.2) is 36.4 Å². The quantitative estimate of drug-likeness (QED) is 0.849. The van der Waals surface area contributed by atoms with E-state index in [1.807, 2.05) is 31.2 Å². The van der Waals surface area contributed by atoms with E-state index in [1.54, 1.807) is 17.9 Å². The van der Waals surface area contributed by atoms with Gasteiger partial charge >= 0.3 is 0 Å². The smallest absolute Gasteiger partial charge is 0.258 e. The number of ether oxygens (including phenoxy) is 1. The van der Waals surface area contributed by atoms with Crippen molar-refractivity contribution in [1.82, 2.24) is 4.90 Å². The molecule has 3 rings (SSSR count). The first kappa shape index (κ1) is 15.8. The van der Waals surface area contributed by atoms with E-state index in [0.717, 1.165) is 11.3 Å². The Morgan fingerprint density at radius 3 is 2.70 bits per heavy atom. The van der Waals surface area contributed by atoms with E-state index in [4.69, 9.17) is 16.3 Å². The van der Waals surface area contributed by atoms with Crippen LogP contribution in [-0.4, -0.2) is 30.0 Å². The van der Waals surface area contributed by atoms with Crippen LogP contribution < -0.4 is 4.74 Å². The maximum absolute atomic E-state index is 13.9. The third-order valence-electron chi connectivity index (χ3n) is 3.93. The van der Waals surface area contributed by atoms with Gasteiger partial charge in [-0.3, -0.25) is 4.79 Å². The van der Waals surface area contributed by atoms with Crippen molar-refractivity contribution in [3.63, 3.8) is 0 Å². The Labute approximate surface area is 139 Å². The summed E-state index contributed by atoms with van der Waals surface area (Å²) in [4.78, 5) is 14.0. The third-order valence-corrected chi connectivity index (χ3v) is 4.41. The van der Waals surface area contributed by atoms with Crippen molar-refractivity contribution in [1.29, 1.82) is 0 Å². The van der Waals surface area contributed by atoms with Crippen molar-refractivity contribution >= 4 is 17.5 Å². The molecule has 1 heterocycles. The van der Waals surface area contributed by atoms with Gasteiger partial charge in [0, 0.05) is 0 Å². The van der Waals surface area contributed by atoms with E-state index in [2.05, 4.69) is 0 Å². The predicted octanol–water partition coefficient (Wildman–Crippen LogP) is 4.00. The van der Waals surface area contributed by atoms with Gasteiger partial charge in [-0.2, -0.15) is 0 Å². The summed E-state index contributed by atoms with van der Waals surface area (Å²) in [6, 6.07) is 10.6. The first-order valence-electron chi connectivity index (χ1n) is 7.43. The summed E-state index contributed by atoms with van der Waals surface area (Å²) in [7, 11) is 0. The Bertz CT molecular complexity index is 757.